The predicted molar refractivity (Wildman–Crippen MR) is 98.9 cm³/mol. The summed E-state index contributed by atoms with van der Waals surface area (Å²) >= 11 is 0. The van der Waals surface area contributed by atoms with Gasteiger partial charge in [-0.1, -0.05) is 12.1 Å². The van der Waals surface area contributed by atoms with Gasteiger partial charge in [0.1, 0.15) is 18.5 Å². The average molecular weight is 365 g/mol. The molecule has 1 unspecified atom stereocenters. The molecule has 1 aromatic heterocycles. The summed E-state index contributed by atoms with van der Waals surface area (Å²) in [6.07, 6.45) is 1.88. The van der Waals surface area contributed by atoms with Crippen LogP contribution in [0.25, 0.3) is 11.0 Å². The van der Waals surface area contributed by atoms with Gasteiger partial charge in [-0.2, -0.15) is 0 Å². The van der Waals surface area contributed by atoms with E-state index >= 15 is 0 Å². The third-order valence-corrected chi connectivity index (χ3v) is 4.86. The fraction of sp³-hybridized carbons (Fsp3) is 0.300. The minimum Gasteiger partial charge on any atom is -0.454 e. The third-order valence-electron chi connectivity index (χ3n) is 4.86. The molecule has 1 atom stereocenters. The number of hydrogen-bond donors (Lipinski definition) is 1. The number of imidazole rings is 1. The number of amides is 1. The van der Waals surface area contributed by atoms with Crippen LogP contribution < -0.4 is 14.8 Å². The number of carbonyl (C=O) groups excluding carboxylic acids is 1. The van der Waals surface area contributed by atoms with Crippen LogP contribution in [0.3, 0.4) is 0 Å². The summed E-state index contributed by atoms with van der Waals surface area (Å²) in [4.78, 5) is 17.4. The molecule has 0 saturated carbocycles. The highest BCUT2D eigenvalue weighted by Crippen LogP contribution is 2.34. The summed E-state index contributed by atoms with van der Waals surface area (Å²) < 4.78 is 18.4. The van der Waals surface area contributed by atoms with E-state index in [0.29, 0.717) is 17.2 Å². The molecule has 3 aromatic rings. The molecule has 0 bridgehead atoms. The molecule has 0 spiro atoms. The van der Waals surface area contributed by atoms with Crippen LogP contribution in [0.15, 0.2) is 42.5 Å². The van der Waals surface area contributed by atoms with Gasteiger partial charge in [0.05, 0.1) is 11.0 Å². The Morgan fingerprint density at radius 1 is 1.19 bits per heavy atom. The SMILES string of the molecule is O=C(Cn1c(C2CCCO2)nc2ccccc21)Nc1ccc2c(c1)OCO2. The Hall–Kier alpha value is -3.06. The summed E-state index contributed by atoms with van der Waals surface area (Å²) in [7, 11) is 0. The number of nitrogens with one attached hydrogen (secondary N) is 1. The summed E-state index contributed by atoms with van der Waals surface area (Å²) in [5.41, 5.74) is 2.48. The molecule has 138 valence electrons. The maximum absolute atomic E-state index is 12.7. The van der Waals surface area contributed by atoms with E-state index in [4.69, 9.17) is 19.2 Å². The van der Waals surface area contributed by atoms with E-state index < -0.39 is 0 Å². The molecule has 2 aliphatic heterocycles. The van der Waals surface area contributed by atoms with Crippen molar-refractivity contribution in [3.63, 3.8) is 0 Å². The predicted octanol–water partition coefficient (Wildman–Crippen LogP) is 3.26. The molecule has 5 rings (SSSR count). The third kappa shape index (κ3) is 3.00. The first-order chi connectivity index (χ1) is 13.3. The topological polar surface area (TPSA) is 74.6 Å². The van der Waals surface area contributed by atoms with Crippen LogP contribution in [-0.2, 0) is 16.1 Å². The van der Waals surface area contributed by atoms with Crippen LogP contribution in [0.2, 0.25) is 0 Å². The van der Waals surface area contributed by atoms with Crippen molar-refractivity contribution in [1.82, 2.24) is 9.55 Å². The molecule has 1 N–H and O–H groups in total. The van der Waals surface area contributed by atoms with Gasteiger partial charge in [0.15, 0.2) is 11.5 Å². The molecule has 2 aromatic carbocycles. The number of rotatable bonds is 4. The number of para-hydroxylation sites is 2. The Kier molecular flexibility index (Phi) is 3.94. The van der Waals surface area contributed by atoms with Crippen LogP contribution in [0, 0.1) is 0 Å². The first-order valence-corrected chi connectivity index (χ1v) is 9.04. The molecule has 1 amide bonds. The average Bonchev–Trinajstić information content (AvgIpc) is 3.41. The van der Waals surface area contributed by atoms with Crippen molar-refractivity contribution in [2.24, 2.45) is 0 Å². The number of nitrogens with zero attached hydrogens (tertiary/aromatic N) is 2. The summed E-state index contributed by atoms with van der Waals surface area (Å²) in [6, 6.07) is 13.2. The highest BCUT2D eigenvalue weighted by molar-refractivity contribution is 5.92. The Morgan fingerprint density at radius 3 is 2.96 bits per heavy atom. The van der Waals surface area contributed by atoms with E-state index in [9.17, 15) is 4.79 Å². The highest BCUT2D eigenvalue weighted by atomic mass is 16.7. The van der Waals surface area contributed by atoms with Gasteiger partial charge in [-0.05, 0) is 37.1 Å². The minimum absolute atomic E-state index is 0.0595. The number of hydrogen-bond acceptors (Lipinski definition) is 5. The Bertz CT molecular complexity index is 1010. The van der Waals surface area contributed by atoms with Crippen LogP contribution >= 0.6 is 0 Å². The Balaban J connectivity index is 1.41. The molecule has 7 heteroatoms. The largest absolute Gasteiger partial charge is 0.454 e. The Morgan fingerprint density at radius 2 is 2.07 bits per heavy atom. The molecule has 0 aliphatic carbocycles. The van der Waals surface area contributed by atoms with E-state index in [1.165, 1.54) is 0 Å². The lowest BCUT2D eigenvalue weighted by Crippen LogP contribution is -2.21. The molecule has 7 nitrogen and oxygen atoms in total. The summed E-state index contributed by atoms with van der Waals surface area (Å²) in [5.74, 6) is 2.01. The molecular weight excluding hydrogens is 346 g/mol. The number of benzene rings is 2. The smallest absolute Gasteiger partial charge is 0.244 e. The first kappa shape index (κ1) is 16.1. The van der Waals surface area contributed by atoms with Crippen molar-refractivity contribution in [3.8, 4) is 11.5 Å². The van der Waals surface area contributed by atoms with Crippen molar-refractivity contribution in [3.05, 3.63) is 48.3 Å². The molecule has 1 saturated heterocycles. The summed E-state index contributed by atoms with van der Waals surface area (Å²) in [6.45, 7) is 1.11. The van der Waals surface area contributed by atoms with Crippen molar-refractivity contribution < 1.29 is 19.0 Å². The highest BCUT2D eigenvalue weighted by Gasteiger charge is 2.25. The van der Waals surface area contributed by atoms with Gasteiger partial charge in [0.2, 0.25) is 12.7 Å². The zero-order valence-electron chi connectivity index (χ0n) is 14.7. The van der Waals surface area contributed by atoms with Gasteiger partial charge in [0, 0.05) is 18.4 Å². The van der Waals surface area contributed by atoms with E-state index in [1.807, 2.05) is 28.8 Å². The minimum atomic E-state index is -0.128. The number of ether oxygens (including phenoxy) is 3. The second-order valence-corrected chi connectivity index (χ2v) is 6.66. The molecule has 1 fully saturated rings. The molecule has 27 heavy (non-hydrogen) atoms. The van der Waals surface area contributed by atoms with Gasteiger partial charge in [-0.25, -0.2) is 4.98 Å². The van der Waals surface area contributed by atoms with Gasteiger partial charge < -0.3 is 24.1 Å². The van der Waals surface area contributed by atoms with Crippen LogP contribution in [-0.4, -0.2) is 28.9 Å². The normalized spacial score (nSPS) is 18.1. The number of fused-ring (bicyclic) bond motifs is 2. The zero-order chi connectivity index (χ0) is 18.2. The monoisotopic (exact) mass is 365 g/mol. The lowest BCUT2D eigenvalue weighted by atomic mass is 10.2. The fourth-order valence-corrected chi connectivity index (χ4v) is 3.61. The van der Waals surface area contributed by atoms with Gasteiger partial charge in [0.25, 0.3) is 0 Å². The fourth-order valence-electron chi connectivity index (χ4n) is 3.61. The van der Waals surface area contributed by atoms with Crippen LogP contribution in [0.4, 0.5) is 5.69 Å². The van der Waals surface area contributed by atoms with E-state index in [2.05, 4.69) is 5.32 Å². The summed E-state index contributed by atoms with van der Waals surface area (Å²) in [5, 5.41) is 2.93. The van der Waals surface area contributed by atoms with Crippen molar-refractivity contribution in [2.45, 2.75) is 25.5 Å². The van der Waals surface area contributed by atoms with E-state index in [-0.39, 0.29) is 25.3 Å². The molecule has 3 heterocycles. The van der Waals surface area contributed by atoms with Crippen molar-refractivity contribution in [1.29, 1.82) is 0 Å². The van der Waals surface area contributed by atoms with Crippen molar-refractivity contribution >= 4 is 22.6 Å². The maximum Gasteiger partial charge on any atom is 0.244 e. The van der Waals surface area contributed by atoms with Gasteiger partial charge in [-0.15, -0.1) is 0 Å². The van der Waals surface area contributed by atoms with Gasteiger partial charge in [-0.3, -0.25) is 4.79 Å². The van der Waals surface area contributed by atoms with Crippen molar-refractivity contribution in [2.75, 3.05) is 18.7 Å². The van der Waals surface area contributed by atoms with Crippen LogP contribution in [0.5, 0.6) is 11.5 Å². The van der Waals surface area contributed by atoms with E-state index in [1.54, 1.807) is 18.2 Å². The first-order valence-electron chi connectivity index (χ1n) is 9.04. The Labute approximate surface area is 155 Å². The van der Waals surface area contributed by atoms with Crippen LogP contribution in [0.1, 0.15) is 24.8 Å². The van der Waals surface area contributed by atoms with Gasteiger partial charge >= 0.3 is 0 Å². The standard InChI is InChI=1S/C20H19N3O4/c24-19(21-13-7-8-16-18(10-13)27-12-26-16)11-23-15-5-2-1-4-14(15)22-20(23)17-6-3-9-25-17/h1-2,4-5,7-8,10,17H,3,6,9,11-12H2,(H,21,24). The molecule has 0 radical (unpaired) electrons. The lowest BCUT2D eigenvalue weighted by molar-refractivity contribution is -0.116. The number of aromatic nitrogens is 2. The van der Waals surface area contributed by atoms with E-state index in [0.717, 1.165) is 36.3 Å². The second kappa shape index (κ2) is 6.59. The molecular formula is C20H19N3O4. The molecule has 2 aliphatic rings. The quantitative estimate of drug-likeness (QED) is 0.768. The maximum atomic E-state index is 12.7. The zero-order valence-corrected chi connectivity index (χ0v) is 14.7. The lowest BCUT2D eigenvalue weighted by Gasteiger charge is -2.14. The number of carbonyl (C=O) groups is 1. The number of anilines is 1. The second-order valence-electron chi connectivity index (χ2n) is 6.66.